The van der Waals surface area contributed by atoms with Crippen molar-refractivity contribution in [3.63, 3.8) is 0 Å². The van der Waals surface area contributed by atoms with Crippen molar-refractivity contribution in [2.75, 3.05) is 7.11 Å². The van der Waals surface area contributed by atoms with Crippen LogP contribution < -0.4 is 4.74 Å². The van der Waals surface area contributed by atoms with E-state index in [4.69, 9.17) is 9.72 Å². The normalized spacial score (nSPS) is 13.6. The van der Waals surface area contributed by atoms with E-state index in [0.29, 0.717) is 5.75 Å². The zero-order valence-corrected chi connectivity index (χ0v) is 12.5. The largest absolute Gasteiger partial charge is 0.504 e. The van der Waals surface area contributed by atoms with E-state index in [1.807, 2.05) is 6.07 Å². The molecule has 3 nitrogen and oxygen atoms in total. The van der Waals surface area contributed by atoms with Crippen LogP contribution in [0.4, 0.5) is 0 Å². The highest BCUT2D eigenvalue weighted by atomic mass is 32.1. The van der Waals surface area contributed by atoms with Crippen LogP contribution in [-0.4, -0.2) is 17.2 Å². The monoisotopic (exact) mass is 297 g/mol. The number of methoxy groups -OCH3 is 1. The quantitative estimate of drug-likeness (QED) is 0.772. The zero-order valence-electron chi connectivity index (χ0n) is 11.7. The molecule has 0 unspecified atom stereocenters. The second kappa shape index (κ2) is 4.74. The highest BCUT2D eigenvalue weighted by molar-refractivity contribution is 7.21. The number of hydrogen-bond donors (Lipinski definition) is 1. The van der Waals surface area contributed by atoms with Crippen molar-refractivity contribution in [2.24, 2.45) is 0 Å². The SMILES string of the molecule is COc1ccc(-c2nc3cc4c(cc3s2)CCC4)cc1O. The summed E-state index contributed by atoms with van der Waals surface area (Å²) in [6.07, 6.45) is 3.61. The van der Waals surface area contributed by atoms with E-state index < -0.39 is 0 Å². The van der Waals surface area contributed by atoms with E-state index >= 15 is 0 Å². The third-order valence-electron chi connectivity index (χ3n) is 4.03. The molecule has 0 saturated carbocycles. The predicted molar refractivity (Wildman–Crippen MR) is 85.3 cm³/mol. The Hall–Kier alpha value is -2.07. The van der Waals surface area contributed by atoms with Crippen LogP contribution in [0.2, 0.25) is 0 Å². The lowest BCUT2D eigenvalue weighted by molar-refractivity contribution is 0.373. The zero-order chi connectivity index (χ0) is 14.4. The molecule has 0 amide bonds. The molecule has 0 atom stereocenters. The average Bonchev–Trinajstić information content (AvgIpc) is 3.09. The van der Waals surface area contributed by atoms with Gasteiger partial charge < -0.3 is 9.84 Å². The molecule has 0 aliphatic heterocycles. The Bertz CT molecular complexity index is 797. The highest BCUT2D eigenvalue weighted by Crippen LogP contribution is 2.37. The lowest BCUT2D eigenvalue weighted by Crippen LogP contribution is -1.84. The topological polar surface area (TPSA) is 42.4 Å². The number of nitrogens with zero attached hydrogens (tertiary/aromatic N) is 1. The third kappa shape index (κ3) is 2.07. The van der Waals surface area contributed by atoms with E-state index in [2.05, 4.69) is 12.1 Å². The van der Waals surface area contributed by atoms with E-state index in [-0.39, 0.29) is 5.75 Å². The van der Waals surface area contributed by atoms with Crippen LogP contribution >= 0.6 is 11.3 Å². The van der Waals surface area contributed by atoms with Gasteiger partial charge in [-0.15, -0.1) is 11.3 Å². The van der Waals surface area contributed by atoms with Crippen LogP contribution in [0.25, 0.3) is 20.8 Å². The summed E-state index contributed by atoms with van der Waals surface area (Å²) in [5.74, 6) is 0.635. The molecule has 4 heteroatoms. The Morgan fingerprint density at radius 1 is 1.14 bits per heavy atom. The molecule has 0 bridgehead atoms. The van der Waals surface area contributed by atoms with Gasteiger partial charge in [-0.1, -0.05) is 0 Å². The lowest BCUT2D eigenvalue weighted by Gasteiger charge is -2.03. The number of thiazole rings is 1. The number of phenolic OH excluding ortho intramolecular Hbond substituents is 1. The summed E-state index contributed by atoms with van der Waals surface area (Å²) in [5.41, 5.74) is 4.90. The minimum Gasteiger partial charge on any atom is -0.504 e. The molecule has 0 spiro atoms. The maximum Gasteiger partial charge on any atom is 0.160 e. The summed E-state index contributed by atoms with van der Waals surface area (Å²) in [6.45, 7) is 0. The summed E-state index contributed by atoms with van der Waals surface area (Å²) < 4.78 is 6.30. The summed E-state index contributed by atoms with van der Waals surface area (Å²) in [6, 6.07) is 9.92. The number of aromatic nitrogens is 1. The van der Waals surface area contributed by atoms with Gasteiger partial charge in [0.25, 0.3) is 0 Å². The van der Waals surface area contributed by atoms with Gasteiger partial charge in [-0.05, 0) is 60.7 Å². The Labute approximate surface area is 126 Å². The first-order valence-corrected chi connectivity index (χ1v) is 7.86. The van der Waals surface area contributed by atoms with Crippen molar-refractivity contribution in [2.45, 2.75) is 19.3 Å². The maximum absolute atomic E-state index is 9.91. The van der Waals surface area contributed by atoms with Gasteiger partial charge in [0.2, 0.25) is 0 Å². The molecular weight excluding hydrogens is 282 g/mol. The van der Waals surface area contributed by atoms with E-state index in [0.717, 1.165) is 16.1 Å². The number of benzene rings is 2. The first kappa shape index (κ1) is 12.7. The van der Waals surface area contributed by atoms with Crippen molar-refractivity contribution in [1.29, 1.82) is 0 Å². The molecule has 1 aromatic heterocycles. The van der Waals surface area contributed by atoms with E-state index in [1.54, 1.807) is 30.6 Å². The molecule has 1 aliphatic rings. The van der Waals surface area contributed by atoms with Crippen LogP contribution in [0.5, 0.6) is 11.5 Å². The Morgan fingerprint density at radius 3 is 2.71 bits per heavy atom. The molecular formula is C17H15NO2S. The number of aryl methyl sites for hydroxylation is 2. The number of ether oxygens (including phenoxy) is 1. The van der Waals surface area contributed by atoms with Crippen molar-refractivity contribution in [3.8, 4) is 22.1 Å². The van der Waals surface area contributed by atoms with Gasteiger partial charge in [0.1, 0.15) is 5.01 Å². The molecule has 0 radical (unpaired) electrons. The average molecular weight is 297 g/mol. The summed E-state index contributed by atoms with van der Waals surface area (Å²) >= 11 is 1.68. The van der Waals surface area contributed by atoms with E-state index in [9.17, 15) is 5.11 Å². The van der Waals surface area contributed by atoms with Crippen LogP contribution in [-0.2, 0) is 12.8 Å². The summed E-state index contributed by atoms with van der Waals surface area (Å²) in [4.78, 5) is 4.72. The molecule has 4 rings (SSSR count). The predicted octanol–water partition coefficient (Wildman–Crippen LogP) is 4.17. The second-order valence-corrected chi connectivity index (χ2v) is 6.38. The third-order valence-corrected chi connectivity index (χ3v) is 5.10. The number of phenols is 1. The Kier molecular flexibility index (Phi) is 2.86. The molecule has 1 aliphatic carbocycles. The number of fused-ring (bicyclic) bond motifs is 2. The van der Waals surface area contributed by atoms with Crippen LogP contribution in [0.15, 0.2) is 30.3 Å². The first-order chi connectivity index (χ1) is 10.2. The first-order valence-electron chi connectivity index (χ1n) is 7.04. The number of aromatic hydroxyl groups is 1. The summed E-state index contributed by atoms with van der Waals surface area (Å²) in [5, 5.41) is 10.9. The second-order valence-electron chi connectivity index (χ2n) is 5.35. The van der Waals surface area contributed by atoms with Crippen molar-refractivity contribution < 1.29 is 9.84 Å². The minimum atomic E-state index is 0.150. The molecule has 3 aromatic rings. The van der Waals surface area contributed by atoms with Gasteiger partial charge in [0.05, 0.1) is 17.3 Å². The van der Waals surface area contributed by atoms with Crippen LogP contribution in [0, 0.1) is 0 Å². The van der Waals surface area contributed by atoms with Crippen molar-refractivity contribution in [3.05, 3.63) is 41.5 Å². The van der Waals surface area contributed by atoms with Crippen LogP contribution in [0.1, 0.15) is 17.5 Å². The number of rotatable bonds is 2. The van der Waals surface area contributed by atoms with Gasteiger partial charge in [-0.25, -0.2) is 4.98 Å². The van der Waals surface area contributed by atoms with Crippen LogP contribution in [0.3, 0.4) is 0 Å². The van der Waals surface area contributed by atoms with Gasteiger partial charge in [0, 0.05) is 5.56 Å². The molecule has 106 valence electrons. The molecule has 1 N–H and O–H groups in total. The van der Waals surface area contributed by atoms with Gasteiger partial charge >= 0.3 is 0 Å². The van der Waals surface area contributed by atoms with Gasteiger partial charge in [-0.3, -0.25) is 0 Å². The minimum absolute atomic E-state index is 0.150. The van der Waals surface area contributed by atoms with Gasteiger partial charge in [-0.2, -0.15) is 0 Å². The number of hydrogen-bond acceptors (Lipinski definition) is 4. The fourth-order valence-corrected chi connectivity index (χ4v) is 3.95. The Morgan fingerprint density at radius 2 is 1.95 bits per heavy atom. The molecule has 0 fully saturated rings. The standard InChI is InChI=1S/C17H15NO2S/c1-20-15-6-5-12(8-14(15)19)17-18-13-7-10-3-2-4-11(10)9-16(13)21-17/h5-9,19H,2-4H2,1H3. The molecule has 1 heterocycles. The maximum atomic E-state index is 9.91. The fourth-order valence-electron chi connectivity index (χ4n) is 2.94. The molecule has 21 heavy (non-hydrogen) atoms. The fraction of sp³-hybridized carbons (Fsp3) is 0.235. The molecule has 0 saturated heterocycles. The van der Waals surface area contributed by atoms with Crippen molar-refractivity contribution >= 4 is 21.6 Å². The van der Waals surface area contributed by atoms with Crippen molar-refractivity contribution in [1.82, 2.24) is 4.98 Å². The smallest absolute Gasteiger partial charge is 0.160 e. The Balaban J connectivity index is 1.82. The summed E-state index contributed by atoms with van der Waals surface area (Å²) in [7, 11) is 1.55. The highest BCUT2D eigenvalue weighted by Gasteiger charge is 2.15. The lowest BCUT2D eigenvalue weighted by atomic mass is 10.1. The molecule has 2 aromatic carbocycles. The van der Waals surface area contributed by atoms with Gasteiger partial charge in [0.15, 0.2) is 11.5 Å². The van der Waals surface area contributed by atoms with E-state index in [1.165, 1.54) is 35.1 Å².